The van der Waals surface area contributed by atoms with Crippen molar-refractivity contribution >= 4 is 28.5 Å². The lowest BCUT2D eigenvalue weighted by Gasteiger charge is -2.13. The predicted octanol–water partition coefficient (Wildman–Crippen LogP) is 3.21. The maximum absolute atomic E-state index is 5.35. The molecule has 8 heteroatoms. The largest absolute Gasteiger partial charge is 0.493 e. The van der Waals surface area contributed by atoms with E-state index in [4.69, 9.17) is 26.4 Å². The number of hydrogen-bond donors (Lipinski definition) is 0. The van der Waals surface area contributed by atoms with Crippen molar-refractivity contribution in [3.63, 3.8) is 0 Å². The van der Waals surface area contributed by atoms with Crippen LogP contribution in [0.5, 0.6) is 17.2 Å². The fourth-order valence-electron chi connectivity index (χ4n) is 2.10. The molecule has 1 aromatic carbocycles. The van der Waals surface area contributed by atoms with Crippen LogP contribution in [0.1, 0.15) is 0 Å². The van der Waals surface area contributed by atoms with Gasteiger partial charge >= 0.3 is 0 Å². The first kappa shape index (κ1) is 14.7. The standard InChI is InChI=1S/C14H13N3O3S2/c1-18-9-6-8(7-10(19-2)11(9)20-3)12-15-13(21)17-4-5-22-14(17)16-12/h4-7H,1-3H3. The van der Waals surface area contributed by atoms with Crippen molar-refractivity contribution in [1.29, 1.82) is 0 Å². The van der Waals surface area contributed by atoms with Gasteiger partial charge in [-0.25, -0.2) is 4.98 Å². The molecule has 0 radical (unpaired) electrons. The normalized spacial score (nSPS) is 10.7. The highest BCUT2D eigenvalue weighted by Gasteiger charge is 2.16. The smallest absolute Gasteiger partial charge is 0.208 e. The van der Waals surface area contributed by atoms with Crippen molar-refractivity contribution in [3.8, 4) is 28.6 Å². The minimum absolute atomic E-state index is 0.454. The molecule has 0 aliphatic carbocycles. The molecule has 6 nitrogen and oxygen atoms in total. The lowest BCUT2D eigenvalue weighted by Crippen LogP contribution is -1.99. The van der Waals surface area contributed by atoms with Crippen LogP contribution in [-0.2, 0) is 0 Å². The summed E-state index contributed by atoms with van der Waals surface area (Å²) in [6.07, 6.45) is 1.85. The van der Waals surface area contributed by atoms with Gasteiger partial charge in [-0.15, -0.1) is 11.3 Å². The van der Waals surface area contributed by atoms with Crippen LogP contribution >= 0.6 is 23.6 Å². The van der Waals surface area contributed by atoms with Gasteiger partial charge in [0.15, 0.2) is 22.3 Å². The Morgan fingerprint density at radius 1 is 1.05 bits per heavy atom. The Morgan fingerprint density at radius 2 is 1.73 bits per heavy atom. The Balaban J connectivity index is 2.23. The molecule has 0 aliphatic rings. The van der Waals surface area contributed by atoms with E-state index in [2.05, 4.69) is 9.97 Å². The lowest BCUT2D eigenvalue weighted by molar-refractivity contribution is 0.324. The Labute approximate surface area is 135 Å². The molecular formula is C14H13N3O3S2. The third-order valence-electron chi connectivity index (χ3n) is 3.12. The maximum atomic E-state index is 5.35. The number of nitrogens with zero attached hydrogens (tertiary/aromatic N) is 3. The topological polar surface area (TPSA) is 57.9 Å². The molecule has 2 aromatic heterocycles. The fourth-order valence-corrected chi connectivity index (χ4v) is 3.09. The number of methoxy groups -OCH3 is 3. The highest BCUT2D eigenvalue weighted by atomic mass is 32.1. The van der Waals surface area contributed by atoms with E-state index in [0.717, 1.165) is 10.5 Å². The van der Waals surface area contributed by atoms with E-state index in [9.17, 15) is 0 Å². The summed E-state index contributed by atoms with van der Waals surface area (Å²) in [4.78, 5) is 9.68. The second-order valence-electron chi connectivity index (χ2n) is 4.30. The Bertz CT molecular complexity index is 863. The number of aromatic nitrogens is 3. The van der Waals surface area contributed by atoms with Crippen LogP contribution in [0.3, 0.4) is 0 Å². The average Bonchev–Trinajstić information content (AvgIpc) is 3.02. The summed E-state index contributed by atoms with van der Waals surface area (Å²) in [6.45, 7) is 0. The van der Waals surface area contributed by atoms with Crippen LogP contribution in [-0.4, -0.2) is 35.7 Å². The van der Waals surface area contributed by atoms with Crippen LogP contribution in [0.15, 0.2) is 23.7 Å². The molecule has 0 unspecified atom stereocenters. The molecule has 2 heterocycles. The van der Waals surface area contributed by atoms with Crippen LogP contribution in [0.25, 0.3) is 16.3 Å². The molecule has 0 N–H and O–H groups in total. The molecule has 3 rings (SSSR count). The van der Waals surface area contributed by atoms with Crippen molar-refractivity contribution in [1.82, 2.24) is 14.4 Å². The lowest BCUT2D eigenvalue weighted by atomic mass is 10.1. The summed E-state index contributed by atoms with van der Waals surface area (Å²) in [5.74, 6) is 2.14. The van der Waals surface area contributed by atoms with E-state index >= 15 is 0 Å². The van der Waals surface area contributed by atoms with Gasteiger partial charge in [0.25, 0.3) is 0 Å². The summed E-state index contributed by atoms with van der Waals surface area (Å²) in [7, 11) is 4.70. The van der Waals surface area contributed by atoms with E-state index in [1.165, 1.54) is 11.3 Å². The van der Waals surface area contributed by atoms with E-state index in [1.807, 2.05) is 11.6 Å². The van der Waals surface area contributed by atoms with Gasteiger partial charge in [-0.1, -0.05) is 0 Å². The molecule has 0 bridgehead atoms. The molecule has 22 heavy (non-hydrogen) atoms. The van der Waals surface area contributed by atoms with E-state index < -0.39 is 0 Å². The summed E-state index contributed by atoms with van der Waals surface area (Å²) in [6, 6.07) is 3.60. The highest BCUT2D eigenvalue weighted by Crippen LogP contribution is 2.40. The molecular weight excluding hydrogens is 322 g/mol. The zero-order valence-corrected chi connectivity index (χ0v) is 13.8. The summed E-state index contributed by atoms with van der Waals surface area (Å²) < 4.78 is 18.2. The molecule has 0 aliphatic heterocycles. The zero-order valence-electron chi connectivity index (χ0n) is 12.2. The number of fused-ring (bicyclic) bond motifs is 1. The Morgan fingerprint density at radius 3 is 2.32 bits per heavy atom. The summed E-state index contributed by atoms with van der Waals surface area (Å²) >= 11 is 6.79. The monoisotopic (exact) mass is 335 g/mol. The van der Waals surface area contributed by atoms with Gasteiger partial charge < -0.3 is 14.2 Å². The minimum atomic E-state index is 0.454. The molecule has 0 amide bonds. The third-order valence-corrected chi connectivity index (χ3v) is 4.17. The second kappa shape index (κ2) is 5.90. The first-order valence-corrected chi connectivity index (χ1v) is 7.61. The van der Waals surface area contributed by atoms with Crippen LogP contribution in [0, 0.1) is 4.77 Å². The number of ether oxygens (including phenoxy) is 3. The fraction of sp³-hybridized carbons (Fsp3) is 0.214. The molecule has 0 fully saturated rings. The first-order valence-electron chi connectivity index (χ1n) is 6.32. The van der Waals surface area contributed by atoms with E-state index in [0.29, 0.717) is 27.8 Å². The van der Waals surface area contributed by atoms with Crippen molar-refractivity contribution < 1.29 is 14.2 Å². The first-order chi connectivity index (χ1) is 10.7. The van der Waals surface area contributed by atoms with Crippen molar-refractivity contribution in [3.05, 3.63) is 28.5 Å². The quantitative estimate of drug-likeness (QED) is 0.682. The SMILES string of the molecule is COc1cc(-c2nc(=S)n3ccsc3n2)cc(OC)c1OC. The number of thiazole rings is 1. The van der Waals surface area contributed by atoms with Crippen molar-refractivity contribution in [2.45, 2.75) is 0 Å². The summed E-state index contributed by atoms with van der Waals surface area (Å²) in [5, 5.41) is 1.92. The van der Waals surface area contributed by atoms with Gasteiger partial charge in [0.05, 0.1) is 21.3 Å². The predicted molar refractivity (Wildman–Crippen MR) is 86.8 cm³/mol. The molecule has 0 saturated heterocycles. The number of rotatable bonds is 4. The van der Waals surface area contributed by atoms with Crippen LogP contribution in [0.4, 0.5) is 0 Å². The Kier molecular flexibility index (Phi) is 3.95. The van der Waals surface area contributed by atoms with Crippen LogP contribution in [0.2, 0.25) is 0 Å². The Hall–Kier alpha value is -2.19. The van der Waals surface area contributed by atoms with E-state index in [1.54, 1.807) is 37.9 Å². The van der Waals surface area contributed by atoms with Gasteiger partial charge in [-0.2, -0.15) is 4.98 Å². The minimum Gasteiger partial charge on any atom is -0.493 e. The number of benzene rings is 1. The molecule has 0 saturated carbocycles. The second-order valence-corrected chi connectivity index (χ2v) is 5.54. The van der Waals surface area contributed by atoms with Gasteiger partial charge in [0.1, 0.15) is 0 Å². The van der Waals surface area contributed by atoms with Gasteiger partial charge in [0.2, 0.25) is 10.5 Å². The summed E-state index contributed by atoms with van der Waals surface area (Å²) in [5.41, 5.74) is 0.747. The molecule has 0 spiro atoms. The van der Waals surface area contributed by atoms with Crippen LogP contribution < -0.4 is 14.2 Å². The number of hydrogen-bond acceptors (Lipinski definition) is 7. The third kappa shape index (κ3) is 2.40. The van der Waals surface area contributed by atoms with Gasteiger partial charge in [-0.05, 0) is 24.4 Å². The highest BCUT2D eigenvalue weighted by molar-refractivity contribution is 7.71. The van der Waals surface area contributed by atoms with E-state index in [-0.39, 0.29) is 0 Å². The zero-order chi connectivity index (χ0) is 15.7. The van der Waals surface area contributed by atoms with Gasteiger partial charge in [-0.3, -0.25) is 4.40 Å². The maximum Gasteiger partial charge on any atom is 0.208 e. The molecule has 114 valence electrons. The van der Waals surface area contributed by atoms with Gasteiger partial charge in [0, 0.05) is 17.1 Å². The van der Waals surface area contributed by atoms with Crippen molar-refractivity contribution in [2.75, 3.05) is 21.3 Å². The molecule has 0 atom stereocenters. The average molecular weight is 335 g/mol. The van der Waals surface area contributed by atoms with Crippen molar-refractivity contribution in [2.24, 2.45) is 0 Å². The molecule has 3 aromatic rings.